The van der Waals surface area contributed by atoms with E-state index in [0.29, 0.717) is 13.1 Å². The minimum Gasteiger partial charge on any atom is -0.497 e. The Balaban J connectivity index is 1.70. The molecule has 0 radical (unpaired) electrons. The standard InChI is InChI=1S/C25H26N6O2/c1-17-12-23-24(13-20(28-23)14-27-30-26)29-25(17)31(15-18-4-8-21(32-2)9-5-18)16-19-6-10-22(33-3)11-7-19/h4-13,28H,14-16H2,1-3H3. The van der Waals surface area contributed by atoms with Gasteiger partial charge in [-0.2, -0.15) is 0 Å². The van der Waals surface area contributed by atoms with E-state index >= 15 is 0 Å². The van der Waals surface area contributed by atoms with E-state index in [1.165, 1.54) is 0 Å². The van der Waals surface area contributed by atoms with E-state index in [1.807, 2.05) is 30.3 Å². The number of anilines is 1. The summed E-state index contributed by atoms with van der Waals surface area (Å²) < 4.78 is 10.6. The summed E-state index contributed by atoms with van der Waals surface area (Å²) in [4.78, 5) is 13.4. The van der Waals surface area contributed by atoms with Gasteiger partial charge < -0.3 is 19.4 Å². The molecule has 0 spiro atoms. The Kier molecular flexibility index (Phi) is 6.66. The van der Waals surface area contributed by atoms with Crippen molar-refractivity contribution >= 4 is 16.9 Å². The van der Waals surface area contributed by atoms with Crippen LogP contribution in [-0.2, 0) is 19.6 Å². The SMILES string of the molecule is COc1ccc(CN(Cc2ccc(OC)cc2)c2nc3cc(CN=[N+]=[N-])[nH]c3cc2C)cc1. The van der Waals surface area contributed by atoms with Gasteiger partial charge in [-0.25, -0.2) is 4.98 Å². The fourth-order valence-corrected chi connectivity index (χ4v) is 3.82. The van der Waals surface area contributed by atoms with Gasteiger partial charge in [0.1, 0.15) is 17.3 Å². The van der Waals surface area contributed by atoms with Crippen molar-refractivity contribution in [2.75, 3.05) is 19.1 Å². The first-order valence-electron chi connectivity index (χ1n) is 10.6. The minimum atomic E-state index is 0.267. The topological polar surface area (TPSA) is 99.1 Å². The van der Waals surface area contributed by atoms with Gasteiger partial charge in [-0.1, -0.05) is 29.4 Å². The predicted molar refractivity (Wildman–Crippen MR) is 130 cm³/mol. The summed E-state index contributed by atoms with van der Waals surface area (Å²) in [7, 11) is 3.33. The minimum absolute atomic E-state index is 0.267. The van der Waals surface area contributed by atoms with Crippen molar-refractivity contribution in [3.8, 4) is 11.5 Å². The molecular weight excluding hydrogens is 416 g/mol. The van der Waals surface area contributed by atoms with Gasteiger partial charge in [0.25, 0.3) is 0 Å². The number of benzene rings is 2. The first-order valence-corrected chi connectivity index (χ1v) is 10.6. The fraction of sp³-hybridized carbons (Fsp3) is 0.240. The van der Waals surface area contributed by atoms with Crippen molar-refractivity contribution < 1.29 is 9.47 Å². The maximum absolute atomic E-state index is 8.62. The van der Waals surface area contributed by atoms with Crippen molar-refractivity contribution in [3.63, 3.8) is 0 Å². The third-order valence-electron chi connectivity index (χ3n) is 5.49. The van der Waals surface area contributed by atoms with Crippen molar-refractivity contribution in [1.29, 1.82) is 0 Å². The molecule has 0 aliphatic carbocycles. The molecule has 0 bridgehead atoms. The first-order chi connectivity index (χ1) is 16.1. The number of H-pyrrole nitrogens is 1. The number of nitrogens with zero attached hydrogens (tertiary/aromatic N) is 5. The van der Waals surface area contributed by atoms with E-state index in [0.717, 1.165) is 50.7 Å². The maximum Gasteiger partial charge on any atom is 0.132 e. The van der Waals surface area contributed by atoms with Crippen molar-refractivity contribution in [3.05, 3.63) is 93.5 Å². The summed E-state index contributed by atoms with van der Waals surface area (Å²) in [6.07, 6.45) is 0. The third-order valence-corrected chi connectivity index (χ3v) is 5.49. The number of fused-ring (bicyclic) bond motifs is 1. The van der Waals surface area contributed by atoms with Gasteiger partial charge in [0.15, 0.2) is 0 Å². The molecule has 0 saturated heterocycles. The quantitative estimate of drug-likeness (QED) is 0.198. The number of azide groups is 1. The molecule has 8 heteroatoms. The molecule has 0 aliphatic rings. The van der Waals surface area contributed by atoms with E-state index < -0.39 is 0 Å². The largest absolute Gasteiger partial charge is 0.497 e. The number of hydrogen-bond acceptors (Lipinski definition) is 5. The average molecular weight is 443 g/mol. The van der Waals surface area contributed by atoms with Crippen LogP contribution in [0, 0.1) is 6.92 Å². The van der Waals surface area contributed by atoms with E-state index in [9.17, 15) is 0 Å². The molecule has 4 aromatic rings. The number of pyridine rings is 1. The second kappa shape index (κ2) is 9.97. The lowest BCUT2D eigenvalue weighted by Gasteiger charge is -2.26. The molecule has 0 fully saturated rings. The van der Waals surface area contributed by atoms with Crippen LogP contribution in [0.3, 0.4) is 0 Å². The van der Waals surface area contributed by atoms with Crippen molar-refractivity contribution in [2.45, 2.75) is 26.6 Å². The molecule has 0 unspecified atom stereocenters. The molecule has 1 N–H and O–H groups in total. The molecule has 0 aliphatic heterocycles. The molecule has 0 atom stereocenters. The van der Waals surface area contributed by atoms with Gasteiger partial charge in [0.05, 0.1) is 31.8 Å². The zero-order valence-electron chi connectivity index (χ0n) is 18.9. The molecule has 8 nitrogen and oxygen atoms in total. The normalized spacial score (nSPS) is 10.6. The van der Waals surface area contributed by atoms with Crippen LogP contribution in [-0.4, -0.2) is 24.2 Å². The second-order valence-corrected chi connectivity index (χ2v) is 7.80. The third kappa shape index (κ3) is 5.19. The van der Waals surface area contributed by atoms with Gasteiger partial charge in [0, 0.05) is 23.7 Å². The molecule has 4 rings (SSSR count). The number of aryl methyl sites for hydroxylation is 1. The van der Waals surface area contributed by atoms with Gasteiger partial charge in [0.2, 0.25) is 0 Å². The lowest BCUT2D eigenvalue weighted by Crippen LogP contribution is -2.24. The van der Waals surface area contributed by atoms with Crippen LogP contribution in [0.4, 0.5) is 5.82 Å². The van der Waals surface area contributed by atoms with E-state index in [4.69, 9.17) is 20.0 Å². The summed E-state index contributed by atoms with van der Waals surface area (Å²) in [5.41, 5.74) is 14.6. The highest BCUT2D eigenvalue weighted by atomic mass is 16.5. The van der Waals surface area contributed by atoms with Crippen LogP contribution >= 0.6 is 0 Å². The van der Waals surface area contributed by atoms with Gasteiger partial charge >= 0.3 is 0 Å². The lowest BCUT2D eigenvalue weighted by atomic mass is 10.1. The molecule has 0 saturated carbocycles. The van der Waals surface area contributed by atoms with Crippen molar-refractivity contribution in [2.24, 2.45) is 5.11 Å². The Labute approximate surface area is 192 Å². The highest BCUT2D eigenvalue weighted by Crippen LogP contribution is 2.27. The summed E-state index contributed by atoms with van der Waals surface area (Å²) in [6, 6.07) is 20.2. The zero-order chi connectivity index (χ0) is 23.2. The number of methoxy groups -OCH3 is 2. The monoisotopic (exact) mass is 442 g/mol. The van der Waals surface area contributed by atoms with E-state index in [-0.39, 0.29) is 6.54 Å². The van der Waals surface area contributed by atoms with Gasteiger partial charge in [-0.15, -0.1) is 0 Å². The van der Waals surface area contributed by atoms with Crippen LogP contribution in [0.15, 0.2) is 65.8 Å². The Morgan fingerprint density at radius 1 is 0.939 bits per heavy atom. The number of aromatic amines is 1. The summed E-state index contributed by atoms with van der Waals surface area (Å²) >= 11 is 0. The molecular formula is C25H26N6O2. The first kappa shape index (κ1) is 22.0. The van der Waals surface area contributed by atoms with Crippen LogP contribution in [0.1, 0.15) is 22.4 Å². The molecule has 2 heterocycles. The zero-order valence-corrected chi connectivity index (χ0v) is 18.9. The highest BCUT2D eigenvalue weighted by molar-refractivity contribution is 5.79. The molecule has 33 heavy (non-hydrogen) atoms. The number of aromatic nitrogens is 2. The van der Waals surface area contributed by atoms with E-state index in [1.54, 1.807) is 14.2 Å². The molecule has 2 aromatic heterocycles. The molecule has 2 aromatic carbocycles. The molecule has 0 amide bonds. The highest BCUT2D eigenvalue weighted by Gasteiger charge is 2.15. The van der Waals surface area contributed by atoms with Crippen LogP contribution in [0.25, 0.3) is 21.5 Å². The Morgan fingerprint density at radius 2 is 1.52 bits per heavy atom. The van der Waals surface area contributed by atoms with Crippen molar-refractivity contribution in [1.82, 2.24) is 9.97 Å². The Hall–Kier alpha value is -4.16. The fourth-order valence-electron chi connectivity index (χ4n) is 3.82. The second-order valence-electron chi connectivity index (χ2n) is 7.80. The Morgan fingerprint density at radius 3 is 2.03 bits per heavy atom. The maximum atomic E-state index is 8.62. The summed E-state index contributed by atoms with van der Waals surface area (Å²) in [5.74, 6) is 2.57. The number of rotatable bonds is 9. The molecule has 168 valence electrons. The summed E-state index contributed by atoms with van der Waals surface area (Å²) in [6.45, 7) is 3.70. The van der Waals surface area contributed by atoms with Gasteiger partial charge in [-0.05, 0) is 65.5 Å². The van der Waals surface area contributed by atoms with Crippen LogP contribution < -0.4 is 14.4 Å². The van der Waals surface area contributed by atoms with Crippen LogP contribution in [0.5, 0.6) is 11.5 Å². The van der Waals surface area contributed by atoms with Crippen LogP contribution in [0.2, 0.25) is 0 Å². The number of nitrogens with one attached hydrogen (secondary N) is 1. The van der Waals surface area contributed by atoms with Gasteiger partial charge in [-0.3, -0.25) is 0 Å². The summed E-state index contributed by atoms with van der Waals surface area (Å²) in [5, 5.41) is 3.65. The lowest BCUT2D eigenvalue weighted by molar-refractivity contribution is 0.414. The smallest absolute Gasteiger partial charge is 0.132 e. The Bertz CT molecular complexity index is 1230. The predicted octanol–water partition coefficient (Wildman–Crippen LogP) is 5.91. The van der Waals surface area contributed by atoms with E-state index in [2.05, 4.69) is 57.2 Å². The number of ether oxygens (including phenoxy) is 2. The number of hydrogen-bond donors (Lipinski definition) is 1. The average Bonchev–Trinajstić information content (AvgIpc) is 3.24.